The SMILES string of the molecule is Cc1ncc(C2=C[C@@H]3C[C@H]2N(C(=O)CN2Cc4cc(F)ccc4NC2=O)C3)s1. The van der Waals surface area contributed by atoms with Crippen molar-refractivity contribution < 1.29 is 14.0 Å². The van der Waals surface area contributed by atoms with Crippen LogP contribution in [0, 0.1) is 18.7 Å². The van der Waals surface area contributed by atoms with Crippen LogP contribution in [0.1, 0.15) is 21.9 Å². The van der Waals surface area contributed by atoms with E-state index in [2.05, 4.69) is 16.4 Å². The van der Waals surface area contributed by atoms with Gasteiger partial charge >= 0.3 is 6.03 Å². The lowest BCUT2D eigenvalue weighted by atomic mass is 10.1. The molecule has 8 heteroatoms. The second-order valence-electron chi connectivity index (χ2n) is 7.51. The number of fused-ring (bicyclic) bond motifs is 3. The molecule has 3 amide bonds. The molecule has 0 saturated carbocycles. The molecule has 1 aliphatic carbocycles. The molecule has 1 aromatic heterocycles. The Labute approximate surface area is 165 Å². The number of carbonyl (C=O) groups excluding carboxylic acids is 2. The number of likely N-dealkylation sites (tertiary alicyclic amines) is 1. The smallest absolute Gasteiger partial charge is 0.322 e. The number of halogens is 1. The van der Waals surface area contributed by atoms with Crippen LogP contribution in [-0.2, 0) is 11.3 Å². The highest BCUT2D eigenvalue weighted by molar-refractivity contribution is 7.12. The average Bonchev–Trinajstić information content (AvgIpc) is 3.37. The number of thiazole rings is 1. The van der Waals surface area contributed by atoms with Crippen molar-refractivity contribution in [1.82, 2.24) is 14.8 Å². The number of hydrogen-bond acceptors (Lipinski definition) is 4. The first-order valence-corrected chi connectivity index (χ1v) is 10.1. The number of amides is 3. The normalized spacial score (nSPS) is 22.9. The fourth-order valence-corrected chi connectivity index (χ4v) is 5.19. The zero-order valence-corrected chi connectivity index (χ0v) is 16.1. The van der Waals surface area contributed by atoms with E-state index in [0.717, 1.165) is 16.3 Å². The molecule has 0 spiro atoms. The lowest BCUT2D eigenvalue weighted by Crippen LogP contribution is -2.48. The van der Waals surface area contributed by atoms with Gasteiger partial charge in [0.15, 0.2) is 0 Å². The van der Waals surface area contributed by atoms with E-state index in [4.69, 9.17) is 0 Å². The molecule has 2 atom stereocenters. The summed E-state index contributed by atoms with van der Waals surface area (Å²) in [4.78, 5) is 34.1. The quantitative estimate of drug-likeness (QED) is 0.863. The number of aryl methyl sites for hydroxylation is 1. The summed E-state index contributed by atoms with van der Waals surface area (Å²) in [6.07, 6.45) is 5.06. The van der Waals surface area contributed by atoms with Crippen molar-refractivity contribution >= 4 is 34.5 Å². The van der Waals surface area contributed by atoms with E-state index >= 15 is 0 Å². The summed E-state index contributed by atoms with van der Waals surface area (Å²) in [7, 11) is 0. The van der Waals surface area contributed by atoms with Gasteiger partial charge in [0.2, 0.25) is 5.91 Å². The second kappa shape index (κ2) is 6.41. The van der Waals surface area contributed by atoms with E-state index < -0.39 is 0 Å². The summed E-state index contributed by atoms with van der Waals surface area (Å²) < 4.78 is 13.5. The Kier molecular flexibility index (Phi) is 3.97. The molecule has 1 fully saturated rings. The maximum absolute atomic E-state index is 13.5. The Morgan fingerprint density at radius 2 is 2.29 bits per heavy atom. The fourth-order valence-electron chi connectivity index (χ4n) is 4.33. The van der Waals surface area contributed by atoms with E-state index in [1.165, 1.54) is 22.6 Å². The monoisotopic (exact) mass is 398 g/mol. The van der Waals surface area contributed by atoms with Gasteiger partial charge in [0.05, 0.1) is 22.5 Å². The van der Waals surface area contributed by atoms with Crippen molar-refractivity contribution in [1.29, 1.82) is 0 Å². The molecule has 2 bridgehead atoms. The molecule has 6 nitrogen and oxygen atoms in total. The maximum Gasteiger partial charge on any atom is 0.322 e. The molecule has 3 heterocycles. The Bertz CT molecular complexity index is 1020. The van der Waals surface area contributed by atoms with Crippen LogP contribution in [0.3, 0.4) is 0 Å². The second-order valence-corrected chi connectivity index (χ2v) is 8.75. The minimum absolute atomic E-state index is 0.0139. The predicted octanol–water partition coefficient (Wildman–Crippen LogP) is 3.25. The Morgan fingerprint density at radius 1 is 1.43 bits per heavy atom. The molecule has 28 heavy (non-hydrogen) atoms. The first kappa shape index (κ1) is 17.4. The highest BCUT2D eigenvalue weighted by Crippen LogP contribution is 2.43. The van der Waals surface area contributed by atoms with Crippen molar-refractivity contribution in [2.75, 3.05) is 18.4 Å². The van der Waals surface area contributed by atoms with Gasteiger partial charge in [-0.1, -0.05) is 6.08 Å². The predicted molar refractivity (Wildman–Crippen MR) is 104 cm³/mol. The Morgan fingerprint density at radius 3 is 3.04 bits per heavy atom. The third kappa shape index (κ3) is 2.88. The lowest BCUT2D eigenvalue weighted by Gasteiger charge is -2.33. The summed E-state index contributed by atoms with van der Waals surface area (Å²) in [6, 6.07) is 3.99. The molecule has 1 N–H and O–H groups in total. The van der Waals surface area contributed by atoms with Crippen LogP contribution in [0.4, 0.5) is 14.9 Å². The first-order chi connectivity index (χ1) is 13.5. The molecular formula is C20H19FN4O2S. The van der Waals surface area contributed by atoms with E-state index in [1.807, 2.05) is 18.0 Å². The zero-order valence-electron chi connectivity index (χ0n) is 15.3. The van der Waals surface area contributed by atoms with Crippen molar-refractivity contribution in [2.45, 2.75) is 25.9 Å². The average molecular weight is 398 g/mol. The number of nitrogens with zero attached hydrogens (tertiary/aromatic N) is 3. The number of nitrogens with one attached hydrogen (secondary N) is 1. The number of urea groups is 1. The van der Waals surface area contributed by atoms with Gasteiger partial charge in [0, 0.05) is 18.4 Å². The van der Waals surface area contributed by atoms with Crippen LogP contribution in [0.15, 0.2) is 30.5 Å². The summed E-state index contributed by atoms with van der Waals surface area (Å²) in [6.45, 7) is 2.87. The van der Waals surface area contributed by atoms with Crippen molar-refractivity contribution in [3.05, 3.63) is 51.7 Å². The van der Waals surface area contributed by atoms with Crippen LogP contribution >= 0.6 is 11.3 Å². The van der Waals surface area contributed by atoms with Crippen LogP contribution in [0.5, 0.6) is 0 Å². The Hall–Kier alpha value is -2.74. The van der Waals surface area contributed by atoms with Gasteiger partial charge in [0.1, 0.15) is 12.4 Å². The number of anilines is 1. The van der Waals surface area contributed by atoms with Crippen LogP contribution < -0.4 is 5.32 Å². The van der Waals surface area contributed by atoms with Gasteiger partial charge < -0.3 is 15.1 Å². The van der Waals surface area contributed by atoms with Gasteiger partial charge in [0.25, 0.3) is 0 Å². The molecule has 3 aliphatic rings. The van der Waals surface area contributed by atoms with Crippen molar-refractivity contribution in [3.8, 4) is 0 Å². The third-order valence-corrected chi connectivity index (χ3v) is 6.58. The lowest BCUT2D eigenvalue weighted by molar-refractivity contribution is -0.132. The molecule has 2 aliphatic heterocycles. The first-order valence-electron chi connectivity index (χ1n) is 9.26. The fraction of sp³-hybridized carbons (Fsp3) is 0.350. The van der Waals surface area contributed by atoms with Crippen molar-refractivity contribution in [3.63, 3.8) is 0 Å². The van der Waals surface area contributed by atoms with Crippen LogP contribution in [0.25, 0.3) is 5.57 Å². The van der Waals surface area contributed by atoms with Crippen molar-refractivity contribution in [2.24, 2.45) is 5.92 Å². The van der Waals surface area contributed by atoms with E-state index in [9.17, 15) is 14.0 Å². The van der Waals surface area contributed by atoms with E-state index in [1.54, 1.807) is 17.4 Å². The molecule has 144 valence electrons. The molecule has 1 aromatic carbocycles. The molecule has 0 radical (unpaired) electrons. The largest absolute Gasteiger partial charge is 0.333 e. The maximum atomic E-state index is 13.5. The topological polar surface area (TPSA) is 65.5 Å². The molecule has 5 rings (SSSR count). The molecule has 0 unspecified atom stereocenters. The molecule has 2 aromatic rings. The number of carbonyl (C=O) groups is 2. The Balaban J connectivity index is 1.31. The number of aromatic nitrogens is 1. The van der Waals surface area contributed by atoms with E-state index in [0.29, 0.717) is 23.7 Å². The van der Waals surface area contributed by atoms with Gasteiger partial charge in [-0.25, -0.2) is 14.2 Å². The van der Waals surface area contributed by atoms with Gasteiger partial charge in [-0.3, -0.25) is 4.79 Å². The number of benzene rings is 1. The van der Waals surface area contributed by atoms with Gasteiger partial charge in [-0.05, 0) is 48.6 Å². The molecule has 1 saturated heterocycles. The molecular weight excluding hydrogens is 379 g/mol. The minimum Gasteiger partial charge on any atom is -0.333 e. The minimum atomic E-state index is -0.354. The number of rotatable bonds is 3. The van der Waals surface area contributed by atoms with Crippen LogP contribution in [-0.4, -0.2) is 45.9 Å². The summed E-state index contributed by atoms with van der Waals surface area (Å²) in [5.74, 6) is -0.0710. The van der Waals surface area contributed by atoms with Gasteiger partial charge in [-0.15, -0.1) is 11.3 Å². The van der Waals surface area contributed by atoms with Gasteiger partial charge in [-0.2, -0.15) is 0 Å². The standard InChI is InChI=1S/C20H19FN4O2S/c1-11-22-7-18(28-11)15-4-12-5-17(15)25(8-12)19(26)10-24-9-13-6-14(21)2-3-16(13)23-20(24)27/h2-4,6-7,12,17H,5,8-10H2,1H3,(H,23,27)/t12-,17-/m1/s1. The van der Waals surface area contributed by atoms with Crippen LogP contribution in [0.2, 0.25) is 0 Å². The highest BCUT2D eigenvalue weighted by atomic mass is 32.1. The zero-order chi connectivity index (χ0) is 19.4. The highest BCUT2D eigenvalue weighted by Gasteiger charge is 2.43. The summed E-state index contributed by atoms with van der Waals surface area (Å²) in [5, 5.41) is 3.74. The van der Waals surface area contributed by atoms with E-state index in [-0.39, 0.29) is 36.9 Å². The third-order valence-electron chi connectivity index (χ3n) is 5.62. The summed E-state index contributed by atoms with van der Waals surface area (Å²) in [5.41, 5.74) is 2.45. The number of hydrogen-bond donors (Lipinski definition) is 1. The summed E-state index contributed by atoms with van der Waals surface area (Å²) >= 11 is 1.64.